The van der Waals surface area contributed by atoms with Crippen molar-refractivity contribution in [1.29, 1.82) is 0 Å². The van der Waals surface area contributed by atoms with Crippen molar-refractivity contribution in [3.63, 3.8) is 0 Å². The molecule has 0 aliphatic rings. The topological polar surface area (TPSA) is 26.0 Å². The lowest BCUT2D eigenvalue weighted by molar-refractivity contribution is 0.363. The summed E-state index contributed by atoms with van der Waals surface area (Å²) in [5.74, 6) is 0. The molecule has 17 heavy (non-hydrogen) atoms. The Balaban J connectivity index is 2.94. The van der Waals surface area contributed by atoms with Crippen molar-refractivity contribution in [2.24, 2.45) is 11.1 Å². The molecular weight excluding hydrogens is 273 g/mol. The molecule has 0 bridgehead atoms. The summed E-state index contributed by atoms with van der Waals surface area (Å²) in [6.07, 6.45) is 0. The summed E-state index contributed by atoms with van der Waals surface area (Å²) in [4.78, 5) is 1.07. The molecule has 0 saturated carbocycles. The Hall–Kier alpha value is 0.110. The monoisotopic (exact) mass is 291 g/mol. The Labute approximate surface area is 118 Å². The van der Waals surface area contributed by atoms with Gasteiger partial charge in [0.2, 0.25) is 0 Å². The molecule has 0 radical (unpaired) electrons. The summed E-state index contributed by atoms with van der Waals surface area (Å²) >= 11 is 13.7. The van der Waals surface area contributed by atoms with Crippen LogP contribution in [0.3, 0.4) is 0 Å². The number of hydrogen-bond acceptors (Lipinski definition) is 2. The van der Waals surface area contributed by atoms with Crippen LogP contribution in [0.1, 0.15) is 27.7 Å². The first-order valence-electron chi connectivity index (χ1n) is 5.58. The van der Waals surface area contributed by atoms with Crippen LogP contribution in [0.15, 0.2) is 23.1 Å². The van der Waals surface area contributed by atoms with Gasteiger partial charge in [0.25, 0.3) is 0 Å². The molecule has 0 fully saturated rings. The SMILES string of the molecule is CC(N)C(Sc1cc(Cl)cc(Cl)c1)C(C)(C)C. The molecule has 0 aliphatic carbocycles. The molecule has 0 saturated heterocycles. The highest BCUT2D eigenvalue weighted by atomic mass is 35.5. The van der Waals surface area contributed by atoms with E-state index in [1.807, 2.05) is 19.1 Å². The van der Waals surface area contributed by atoms with Crippen molar-refractivity contribution in [2.75, 3.05) is 0 Å². The standard InChI is InChI=1S/C13H19Cl2NS/c1-8(16)12(13(2,3)4)17-11-6-9(14)5-10(15)7-11/h5-8,12H,16H2,1-4H3. The van der Waals surface area contributed by atoms with Crippen molar-refractivity contribution in [2.45, 2.75) is 43.9 Å². The van der Waals surface area contributed by atoms with Gasteiger partial charge in [0.05, 0.1) is 0 Å². The van der Waals surface area contributed by atoms with E-state index in [4.69, 9.17) is 28.9 Å². The molecule has 0 aromatic heterocycles. The van der Waals surface area contributed by atoms with Crippen LogP contribution in [0.5, 0.6) is 0 Å². The normalized spacial score (nSPS) is 15.7. The van der Waals surface area contributed by atoms with Crippen LogP contribution in [0, 0.1) is 5.41 Å². The molecule has 0 amide bonds. The van der Waals surface area contributed by atoms with E-state index in [0.29, 0.717) is 15.3 Å². The number of thioether (sulfide) groups is 1. The van der Waals surface area contributed by atoms with E-state index in [1.165, 1.54) is 0 Å². The van der Waals surface area contributed by atoms with Crippen molar-refractivity contribution in [3.05, 3.63) is 28.2 Å². The highest BCUT2D eigenvalue weighted by molar-refractivity contribution is 8.00. The van der Waals surface area contributed by atoms with Crippen LogP contribution in [0.25, 0.3) is 0 Å². The average molecular weight is 292 g/mol. The van der Waals surface area contributed by atoms with E-state index >= 15 is 0 Å². The van der Waals surface area contributed by atoms with Crippen molar-refractivity contribution < 1.29 is 0 Å². The third-order valence-corrected chi connectivity index (χ3v) is 4.76. The molecule has 1 rings (SSSR count). The minimum absolute atomic E-state index is 0.109. The van der Waals surface area contributed by atoms with Gasteiger partial charge in [-0.2, -0.15) is 0 Å². The van der Waals surface area contributed by atoms with E-state index in [0.717, 1.165) is 4.90 Å². The zero-order chi connectivity index (χ0) is 13.2. The van der Waals surface area contributed by atoms with E-state index in [1.54, 1.807) is 17.8 Å². The lowest BCUT2D eigenvalue weighted by Gasteiger charge is -2.33. The maximum atomic E-state index is 6.06. The lowest BCUT2D eigenvalue weighted by atomic mass is 9.88. The van der Waals surface area contributed by atoms with Crippen LogP contribution in [-0.4, -0.2) is 11.3 Å². The molecule has 2 atom stereocenters. The molecule has 0 spiro atoms. The second kappa shape index (κ2) is 5.83. The first kappa shape index (κ1) is 15.2. The van der Waals surface area contributed by atoms with Crippen molar-refractivity contribution in [1.82, 2.24) is 0 Å². The Morgan fingerprint density at radius 2 is 1.59 bits per heavy atom. The third-order valence-electron chi connectivity index (χ3n) is 2.43. The second-order valence-corrected chi connectivity index (χ2v) is 7.46. The van der Waals surface area contributed by atoms with E-state index < -0.39 is 0 Å². The van der Waals surface area contributed by atoms with Crippen LogP contribution in [0.4, 0.5) is 0 Å². The Kier molecular flexibility index (Phi) is 5.21. The van der Waals surface area contributed by atoms with Gasteiger partial charge in [0.1, 0.15) is 0 Å². The van der Waals surface area contributed by atoms with Crippen LogP contribution < -0.4 is 5.73 Å². The Bertz CT molecular complexity index is 365. The molecule has 96 valence electrons. The predicted molar refractivity (Wildman–Crippen MR) is 79.2 cm³/mol. The quantitative estimate of drug-likeness (QED) is 0.806. The van der Waals surface area contributed by atoms with Crippen molar-refractivity contribution in [3.8, 4) is 0 Å². The minimum Gasteiger partial charge on any atom is -0.327 e. The number of nitrogens with two attached hydrogens (primary N) is 1. The van der Waals surface area contributed by atoms with Gasteiger partial charge < -0.3 is 5.73 Å². The van der Waals surface area contributed by atoms with Gasteiger partial charge >= 0.3 is 0 Å². The Morgan fingerprint density at radius 1 is 1.12 bits per heavy atom. The Morgan fingerprint density at radius 3 is 1.94 bits per heavy atom. The molecule has 2 unspecified atom stereocenters. The summed E-state index contributed by atoms with van der Waals surface area (Å²) in [5, 5.41) is 1.65. The number of benzene rings is 1. The fourth-order valence-corrected chi connectivity index (χ4v) is 3.72. The fourth-order valence-electron chi connectivity index (χ4n) is 1.82. The van der Waals surface area contributed by atoms with Gasteiger partial charge in [-0.1, -0.05) is 44.0 Å². The molecule has 1 aromatic carbocycles. The average Bonchev–Trinajstić information content (AvgIpc) is 2.10. The highest BCUT2D eigenvalue weighted by Gasteiger charge is 2.28. The minimum atomic E-state index is 0.109. The van der Waals surface area contributed by atoms with Gasteiger partial charge in [-0.15, -0.1) is 11.8 Å². The van der Waals surface area contributed by atoms with Crippen LogP contribution >= 0.6 is 35.0 Å². The summed E-state index contributed by atoms with van der Waals surface area (Å²) in [5.41, 5.74) is 6.19. The van der Waals surface area contributed by atoms with E-state index in [9.17, 15) is 0 Å². The number of halogens is 2. The molecule has 0 heterocycles. The van der Waals surface area contributed by atoms with Crippen LogP contribution in [-0.2, 0) is 0 Å². The summed E-state index contributed by atoms with van der Waals surface area (Å²) in [6.45, 7) is 8.62. The molecule has 1 aromatic rings. The third kappa shape index (κ3) is 4.70. The second-order valence-electron chi connectivity index (χ2n) is 5.37. The first-order valence-corrected chi connectivity index (χ1v) is 7.22. The molecule has 4 heteroatoms. The van der Waals surface area contributed by atoms with Gasteiger partial charge in [-0.3, -0.25) is 0 Å². The maximum Gasteiger partial charge on any atom is 0.0431 e. The predicted octanol–water partition coefficient (Wildman–Crippen LogP) is 4.85. The number of rotatable bonds is 3. The molecule has 2 N–H and O–H groups in total. The number of hydrogen-bond donors (Lipinski definition) is 1. The summed E-state index contributed by atoms with van der Waals surface area (Å²) < 4.78 is 0. The lowest BCUT2D eigenvalue weighted by Crippen LogP contribution is -2.38. The molecule has 1 nitrogen and oxygen atoms in total. The van der Waals surface area contributed by atoms with Gasteiger partial charge in [-0.05, 0) is 30.5 Å². The largest absolute Gasteiger partial charge is 0.327 e. The fraction of sp³-hybridized carbons (Fsp3) is 0.538. The first-order chi connectivity index (χ1) is 7.70. The highest BCUT2D eigenvalue weighted by Crippen LogP contribution is 2.38. The smallest absolute Gasteiger partial charge is 0.0431 e. The summed E-state index contributed by atoms with van der Waals surface area (Å²) in [6, 6.07) is 5.71. The zero-order valence-corrected chi connectivity index (χ0v) is 13.0. The van der Waals surface area contributed by atoms with Gasteiger partial charge in [0.15, 0.2) is 0 Å². The van der Waals surface area contributed by atoms with Gasteiger partial charge in [-0.25, -0.2) is 0 Å². The molecule has 0 aliphatic heterocycles. The van der Waals surface area contributed by atoms with Gasteiger partial charge in [0, 0.05) is 26.2 Å². The van der Waals surface area contributed by atoms with E-state index in [2.05, 4.69) is 20.8 Å². The molecular formula is C13H19Cl2NS. The maximum absolute atomic E-state index is 6.06. The van der Waals surface area contributed by atoms with Crippen molar-refractivity contribution >= 4 is 35.0 Å². The van der Waals surface area contributed by atoms with E-state index in [-0.39, 0.29) is 11.5 Å². The van der Waals surface area contributed by atoms with Crippen LogP contribution in [0.2, 0.25) is 10.0 Å². The summed E-state index contributed by atoms with van der Waals surface area (Å²) in [7, 11) is 0. The zero-order valence-electron chi connectivity index (χ0n) is 10.6.